The Bertz CT molecular complexity index is 5300. The van der Waals surface area contributed by atoms with E-state index in [-0.39, 0.29) is 66.9 Å². The Morgan fingerprint density at radius 2 is 0.916 bits per heavy atom. The molecular weight excluding hydrogens is 1530 g/mol. The molecule has 0 radical (unpaired) electrons. The topological polar surface area (TPSA) is 253 Å². The lowest BCUT2D eigenvalue weighted by atomic mass is 10.0. The number of nitrogens with zero attached hydrogens (tertiary/aromatic N) is 17. The van der Waals surface area contributed by atoms with Crippen LogP contribution in [-0.2, 0) is 55.5 Å². The number of aromatic nitrogens is 14. The van der Waals surface area contributed by atoms with Gasteiger partial charge in [-0.3, -0.25) is 40.3 Å². The minimum atomic E-state index is -1.65. The number of pyridine rings is 1. The van der Waals surface area contributed by atoms with Crippen LogP contribution < -0.4 is 31.9 Å². The van der Waals surface area contributed by atoms with E-state index in [9.17, 15) is 22.0 Å². The van der Waals surface area contributed by atoms with Crippen molar-refractivity contribution in [2.24, 2.45) is 0 Å². The number of hydrogen-bond acceptors (Lipinski definition) is 21. The third kappa shape index (κ3) is 18.4. The van der Waals surface area contributed by atoms with Gasteiger partial charge in [-0.25, -0.2) is 46.0 Å². The molecule has 119 heavy (non-hydrogen) atoms. The lowest BCUT2D eigenvalue weighted by molar-refractivity contribution is -0.140. The lowest BCUT2D eigenvalue weighted by Gasteiger charge is -2.31. The zero-order chi connectivity index (χ0) is 82.1. The minimum Gasteiger partial charge on any atom is -0.383 e. The molecular formula is C86H102F5N23O5. The van der Waals surface area contributed by atoms with Crippen LogP contribution in [-0.4, -0.2) is 234 Å². The highest BCUT2D eigenvalue weighted by atomic mass is 19.2. The van der Waals surface area contributed by atoms with Crippen LogP contribution in [0.3, 0.4) is 0 Å². The van der Waals surface area contributed by atoms with Gasteiger partial charge in [0.2, 0.25) is 5.67 Å². The standard InChI is InChI=1S/C29H33F3N8O2.C29H34FN7O2.C28H35FN8O/c1-19-26(20-10-33-28(34-11-20)29(32)16-42-17-29)37-40(21-6-4-3-5-7-21)27(19)36-18-35-24-14-38(8-9-41-2)15-25(24)39-12-22(30)23(31)13-39;1-20-28(21-12-22-17-39-18-26(22)31-13-21)34-37(24-6-4-3-5-7-24)29(20)33-19-32-25-15-35(10-11-38-2)16-27(25)36-9-8-23(30)14-36;1-20-27(24-15-23-9-6-11-36(23)32-24)33-37(22-7-4-3-5-8-22)28(20)31-19-30-25-17-34(13-14-38-2)18-26(25)35-12-10-21(29)16-35/h3-7,10-13,24-25,35-36H,8-9,14-18H2,1-2H3;3-9,12-14,25,27,32-33H,10-11,15-19H2,1-2H3;3-5,7-8,10,12,15-16,25-26,30-31H,6,9,11,13-14,17-19H2,1-2H3/t24-,25-;25-,27-;25-,26-/m111/s1. The molecule has 0 aliphatic carbocycles. The van der Waals surface area contributed by atoms with E-state index in [4.69, 9.17) is 44.1 Å². The van der Waals surface area contributed by atoms with Crippen molar-refractivity contribution in [1.82, 2.24) is 98.4 Å². The summed E-state index contributed by atoms with van der Waals surface area (Å²) in [4.78, 5) is 20.1. The molecule has 6 N–H and O–H groups in total. The van der Waals surface area contributed by atoms with Crippen molar-refractivity contribution in [2.75, 3.05) is 149 Å². The fourth-order valence-electron chi connectivity index (χ4n) is 16.7. The number of para-hydroxylation sites is 3. The van der Waals surface area contributed by atoms with E-state index in [0.29, 0.717) is 83.9 Å². The second kappa shape index (κ2) is 37.2. The average molecular weight is 1630 g/mol. The van der Waals surface area contributed by atoms with Crippen LogP contribution in [0.5, 0.6) is 0 Å². The van der Waals surface area contributed by atoms with Crippen molar-refractivity contribution in [1.29, 1.82) is 0 Å². The molecule has 626 valence electrons. The van der Waals surface area contributed by atoms with Gasteiger partial charge in [-0.15, -0.1) is 0 Å². The molecule has 9 aromatic heterocycles. The Labute approximate surface area is 687 Å². The first-order valence-electron chi connectivity index (χ1n) is 40.5. The second-order valence-electron chi connectivity index (χ2n) is 31.0. The first-order valence-corrected chi connectivity index (χ1v) is 40.5. The van der Waals surface area contributed by atoms with Crippen molar-refractivity contribution in [3.05, 3.63) is 234 Å². The molecule has 15 heterocycles. The number of methoxy groups -OCH3 is 3. The van der Waals surface area contributed by atoms with Crippen LogP contribution in [0.4, 0.5) is 39.4 Å². The van der Waals surface area contributed by atoms with E-state index in [1.165, 1.54) is 30.2 Å². The number of anilines is 3. The van der Waals surface area contributed by atoms with Crippen LogP contribution in [0.2, 0.25) is 0 Å². The number of rotatable bonds is 31. The summed E-state index contributed by atoms with van der Waals surface area (Å²) in [6.07, 6.45) is 16.5. The minimum absolute atomic E-state index is 0.0463. The number of hydrogen-bond donors (Lipinski definition) is 6. The van der Waals surface area contributed by atoms with E-state index in [0.717, 1.165) is 144 Å². The number of fused-ring (bicyclic) bond motifs is 2. The fourth-order valence-corrected chi connectivity index (χ4v) is 16.7. The molecule has 0 amide bonds. The van der Waals surface area contributed by atoms with E-state index in [1.54, 1.807) is 50.7 Å². The summed E-state index contributed by atoms with van der Waals surface area (Å²) in [7, 11) is 5.09. The molecule has 6 aliphatic heterocycles. The van der Waals surface area contributed by atoms with Crippen LogP contribution in [0.15, 0.2) is 171 Å². The Morgan fingerprint density at radius 1 is 0.479 bits per heavy atom. The molecule has 28 nitrogen and oxygen atoms in total. The molecule has 6 aliphatic rings. The summed E-state index contributed by atoms with van der Waals surface area (Å²) in [5.41, 5.74) is 12.5. The van der Waals surface area contributed by atoms with Gasteiger partial charge < -0.3 is 53.3 Å². The zero-order valence-corrected chi connectivity index (χ0v) is 67.7. The molecule has 33 heteroatoms. The number of nitrogens with one attached hydrogen (secondary N) is 6. The zero-order valence-electron chi connectivity index (χ0n) is 67.7. The number of halogens is 5. The Kier molecular flexibility index (Phi) is 25.6. The summed E-state index contributed by atoms with van der Waals surface area (Å²) < 4.78 is 110. The number of alkyl halides is 1. The predicted molar refractivity (Wildman–Crippen MR) is 442 cm³/mol. The summed E-state index contributed by atoms with van der Waals surface area (Å²) in [6.45, 7) is 18.6. The maximum Gasteiger partial charge on any atom is 0.215 e. The highest BCUT2D eigenvalue weighted by Crippen LogP contribution is 2.38. The van der Waals surface area contributed by atoms with Gasteiger partial charge in [0.05, 0.1) is 113 Å². The van der Waals surface area contributed by atoms with Gasteiger partial charge in [-0.2, -0.15) is 20.4 Å². The fraction of sp³-hybridized carbons (Fsp3) is 0.407. The predicted octanol–water partition coefficient (Wildman–Crippen LogP) is 10.6. The van der Waals surface area contributed by atoms with Crippen molar-refractivity contribution < 1.29 is 45.6 Å². The van der Waals surface area contributed by atoms with Crippen molar-refractivity contribution in [3.8, 4) is 51.0 Å². The number of aryl methyl sites for hydroxylation is 2. The van der Waals surface area contributed by atoms with Gasteiger partial charge in [-0.05, 0) is 94.3 Å². The molecule has 6 atom stereocenters. The first-order chi connectivity index (χ1) is 58.1. The molecule has 3 aromatic carbocycles. The quantitative estimate of drug-likeness (QED) is 0.0174. The highest BCUT2D eigenvalue weighted by Gasteiger charge is 2.44. The molecule has 18 rings (SSSR count). The van der Waals surface area contributed by atoms with E-state index in [2.05, 4.69) is 104 Å². The second-order valence-corrected chi connectivity index (χ2v) is 31.0. The van der Waals surface area contributed by atoms with E-state index in [1.807, 2.05) is 128 Å². The van der Waals surface area contributed by atoms with Gasteiger partial charge in [-0.1, -0.05) is 54.6 Å². The third-order valence-corrected chi connectivity index (χ3v) is 23.1. The Morgan fingerprint density at radius 3 is 1.34 bits per heavy atom. The van der Waals surface area contributed by atoms with Crippen LogP contribution >= 0.6 is 0 Å². The van der Waals surface area contributed by atoms with Crippen molar-refractivity contribution in [2.45, 2.75) is 95.3 Å². The van der Waals surface area contributed by atoms with Crippen molar-refractivity contribution >= 4 is 17.5 Å². The highest BCUT2D eigenvalue weighted by molar-refractivity contribution is 5.72. The normalized spacial score (nSPS) is 19.5. The molecule has 0 bridgehead atoms. The monoisotopic (exact) mass is 1630 g/mol. The average Bonchev–Trinajstić information content (AvgIpc) is 1.67. The Balaban J connectivity index is 0.000000133. The van der Waals surface area contributed by atoms with Gasteiger partial charge in [0.25, 0.3) is 0 Å². The van der Waals surface area contributed by atoms with Gasteiger partial charge in [0.1, 0.15) is 46.2 Å². The van der Waals surface area contributed by atoms with Crippen LogP contribution in [0.25, 0.3) is 51.0 Å². The van der Waals surface area contributed by atoms with Crippen LogP contribution in [0.1, 0.15) is 64.0 Å². The summed E-state index contributed by atoms with van der Waals surface area (Å²) in [6, 6.07) is 37.6. The smallest absolute Gasteiger partial charge is 0.215 e. The molecule has 4 fully saturated rings. The summed E-state index contributed by atoms with van der Waals surface area (Å²) in [5, 5.41) is 41.3. The van der Waals surface area contributed by atoms with E-state index < -0.39 is 17.3 Å². The Hall–Kier alpha value is -10.8. The molecule has 12 aromatic rings. The van der Waals surface area contributed by atoms with Gasteiger partial charge in [0.15, 0.2) is 17.5 Å². The molecule has 0 saturated carbocycles. The number of benzene rings is 3. The SMILES string of the molecule is COCCN1C[C@@H](n2cc(F)c(F)c2)[C@H](NCNc2c(C)c(-c3cnc(C4(F)COC4)nc3)nn2-c2ccccc2)C1.COCCN1C[C@@H](n2ccc(F)c2)[C@H](NCNc2c(C)c(-c3cc4n(n3)CCC4)nn2-c2ccccc2)C1.COCCN1C[C@@H](n2ccc(F)c2)[C@H](NCNc2c(C)c(-c3cnc4c(c3)COC4)nn2-c2ccccc2)C1. The number of likely N-dealkylation sites (tertiary alicyclic amines) is 3. The first kappa shape index (κ1) is 81.9. The maximum atomic E-state index is 14.7. The van der Waals surface area contributed by atoms with Gasteiger partial charge in [0, 0.05) is 200 Å². The lowest BCUT2D eigenvalue weighted by Crippen LogP contribution is -2.43. The summed E-state index contributed by atoms with van der Waals surface area (Å²) >= 11 is 0. The molecule has 0 spiro atoms. The maximum absolute atomic E-state index is 14.7. The van der Waals surface area contributed by atoms with Gasteiger partial charge >= 0.3 is 0 Å². The molecule has 4 saturated heterocycles. The largest absolute Gasteiger partial charge is 0.383 e. The number of ether oxygens (including phenoxy) is 5. The summed E-state index contributed by atoms with van der Waals surface area (Å²) in [5.74, 6) is 0.554. The third-order valence-electron chi connectivity index (χ3n) is 23.1. The molecule has 0 unspecified atom stereocenters. The van der Waals surface area contributed by atoms with Crippen molar-refractivity contribution in [3.63, 3.8) is 0 Å². The van der Waals surface area contributed by atoms with Crippen LogP contribution in [0, 0.1) is 44.0 Å². The van der Waals surface area contributed by atoms with E-state index >= 15 is 0 Å².